The Morgan fingerprint density at radius 3 is 1.50 bits per heavy atom. The maximum absolute atomic E-state index is 10.8. The van der Waals surface area contributed by atoms with Crippen LogP contribution in [-0.2, 0) is 9.47 Å². The maximum Gasteiger partial charge on any atom is 0.231 e. The minimum Gasteiger partial charge on any atom is -0.461 e. The number of benzene rings is 2. The van der Waals surface area contributed by atoms with E-state index in [9.17, 15) is 35.7 Å². The van der Waals surface area contributed by atoms with Gasteiger partial charge in [0.1, 0.15) is 42.0 Å². The lowest BCUT2D eigenvalue weighted by Gasteiger charge is -2.46. The normalized spacial score (nSPS) is 38.2. The number of aliphatic hydroxyl groups is 7. The van der Waals surface area contributed by atoms with Gasteiger partial charge in [-0.25, -0.2) is 0 Å². The van der Waals surface area contributed by atoms with Crippen molar-refractivity contribution in [2.45, 2.75) is 101 Å². The Balaban J connectivity index is 1.51. The summed E-state index contributed by atoms with van der Waals surface area (Å²) in [4.78, 5) is 0. The van der Waals surface area contributed by atoms with Gasteiger partial charge in [0.05, 0.1) is 12.7 Å². The molecule has 222 valence electrons. The summed E-state index contributed by atoms with van der Waals surface area (Å²) < 4.78 is 23.1. The van der Waals surface area contributed by atoms with Gasteiger partial charge in [0.2, 0.25) is 12.6 Å². The molecular weight excluding hydrogens is 524 g/mol. The van der Waals surface area contributed by atoms with Crippen molar-refractivity contribution in [1.29, 1.82) is 0 Å². The standard InChI is InChI=1S/C29H40O11/c1-6-18-22(31)24(33)28(4,35)26(37-18)38-19-9-7-16(11-14(19)2)17-8-10-20(15(3)12-17)39-27-29(5,36)25(34)23(32)21(13-30)40-27/h7-12,18,21-27,30-36H,6,13H2,1-5H3/t18-,21-,22-,23-,24+,25+,26-,27+,28+,29+/m1/s1. The minimum absolute atomic E-state index is 0.383. The van der Waals surface area contributed by atoms with Crippen LogP contribution in [0.2, 0.25) is 0 Å². The molecule has 7 N–H and O–H groups in total. The Morgan fingerprint density at radius 2 is 1.12 bits per heavy atom. The van der Waals surface area contributed by atoms with E-state index in [2.05, 4.69) is 0 Å². The molecule has 10 atom stereocenters. The van der Waals surface area contributed by atoms with Gasteiger partial charge in [-0.2, -0.15) is 0 Å². The zero-order valence-electron chi connectivity index (χ0n) is 23.3. The monoisotopic (exact) mass is 564 g/mol. The molecule has 0 radical (unpaired) electrons. The zero-order valence-corrected chi connectivity index (χ0v) is 23.3. The molecule has 4 rings (SSSR count). The lowest BCUT2D eigenvalue weighted by atomic mass is 9.87. The molecule has 40 heavy (non-hydrogen) atoms. The van der Waals surface area contributed by atoms with Gasteiger partial charge in [-0.15, -0.1) is 0 Å². The van der Waals surface area contributed by atoms with E-state index in [1.165, 1.54) is 13.8 Å². The quantitative estimate of drug-likeness (QED) is 0.249. The first-order valence-electron chi connectivity index (χ1n) is 13.4. The SMILES string of the molecule is CC[C@H]1O[C@H](Oc2ccc(-c3ccc(O[C@H]4O[C@H](CO)[C@@H](O)[C@H](O)[C@]4(C)O)c(C)c3)cc2C)[C@@](C)(O)[C@@H](O)[C@@H]1O. The van der Waals surface area contributed by atoms with E-state index >= 15 is 0 Å². The molecular formula is C29H40O11. The van der Waals surface area contributed by atoms with Crippen molar-refractivity contribution >= 4 is 0 Å². The van der Waals surface area contributed by atoms with E-state index in [0.29, 0.717) is 23.5 Å². The summed E-state index contributed by atoms with van der Waals surface area (Å²) in [6, 6.07) is 10.8. The largest absolute Gasteiger partial charge is 0.461 e. The molecule has 2 saturated heterocycles. The molecule has 2 aliphatic rings. The third-order valence-electron chi connectivity index (χ3n) is 7.89. The smallest absolute Gasteiger partial charge is 0.231 e. The highest BCUT2D eigenvalue weighted by molar-refractivity contribution is 5.67. The fraction of sp³-hybridized carbons (Fsp3) is 0.586. The van der Waals surface area contributed by atoms with Crippen molar-refractivity contribution in [3.05, 3.63) is 47.5 Å². The molecule has 2 fully saturated rings. The number of aryl methyl sites for hydroxylation is 2. The van der Waals surface area contributed by atoms with E-state index < -0.39 is 67.0 Å². The molecule has 2 aromatic carbocycles. The topological polar surface area (TPSA) is 179 Å². The van der Waals surface area contributed by atoms with Gasteiger partial charge in [-0.05, 0) is 80.6 Å². The first kappa shape index (κ1) is 30.6. The van der Waals surface area contributed by atoms with E-state index in [-0.39, 0.29) is 0 Å². The molecule has 2 aliphatic heterocycles. The number of hydrogen-bond acceptors (Lipinski definition) is 11. The van der Waals surface area contributed by atoms with Crippen LogP contribution in [0.4, 0.5) is 0 Å². The van der Waals surface area contributed by atoms with Crippen LogP contribution in [0.15, 0.2) is 36.4 Å². The van der Waals surface area contributed by atoms with Gasteiger partial charge in [0, 0.05) is 0 Å². The second-order valence-corrected chi connectivity index (χ2v) is 11.1. The average molecular weight is 565 g/mol. The molecule has 0 aliphatic carbocycles. The molecule has 0 bridgehead atoms. The van der Waals surface area contributed by atoms with Crippen LogP contribution >= 0.6 is 0 Å². The Bertz CT molecular complexity index is 1090. The van der Waals surface area contributed by atoms with Crippen molar-refractivity contribution in [2.24, 2.45) is 0 Å². The van der Waals surface area contributed by atoms with Gasteiger partial charge >= 0.3 is 0 Å². The molecule has 0 saturated carbocycles. The van der Waals surface area contributed by atoms with Crippen molar-refractivity contribution in [3.63, 3.8) is 0 Å². The number of rotatable bonds is 7. The first-order chi connectivity index (χ1) is 18.7. The highest BCUT2D eigenvalue weighted by atomic mass is 16.7. The van der Waals surface area contributed by atoms with E-state index in [4.69, 9.17) is 18.9 Å². The zero-order chi connectivity index (χ0) is 29.6. The molecule has 0 spiro atoms. The Kier molecular flexibility index (Phi) is 8.82. The van der Waals surface area contributed by atoms with Crippen molar-refractivity contribution in [1.82, 2.24) is 0 Å². The number of ether oxygens (including phenoxy) is 4. The van der Waals surface area contributed by atoms with Crippen molar-refractivity contribution in [3.8, 4) is 22.6 Å². The van der Waals surface area contributed by atoms with Crippen LogP contribution < -0.4 is 9.47 Å². The lowest BCUT2D eigenvalue weighted by Crippen LogP contribution is -2.66. The fourth-order valence-corrected chi connectivity index (χ4v) is 5.07. The number of hydrogen-bond donors (Lipinski definition) is 7. The van der Waals surface area contributed by atoms with Gasteiger partial charge in [0.25, 0.3) is 0 Å². The van der Waals surface area contributed by atoms with E-state index in [1.807, 2.05) is 38.1 Å². The fourth-order valence-electron chi connectivity index (χ4n) is 5.07. The van der Waals surface area contributed by atoms with Crippen LogP contribution in [-0.4, -0.2) is 103 Å². The van der Waals surface area contributed by atoms with Crippen LogP contribution in [0.1, 0.15) is 38.3 Å². The molecule has 11 heteroatoms. The summed E-state index contributed by atoms with van der Waals surface area (Å²) in [5.41, 5.74) is -0.594. The van der Waals surface area contributed by atoms with Crippen LogP contribution in [0.3, 0.4) is 0 Å². The van der Waals surface area contributed by atoms with Gasteiger partial charge in [0.15, 0.2) is 11.2 Å². The summed E-state index contributed by atoms with van der Waals surface area (Å²) in [5.74, 6) is 0.828. The predicted molar refractivity (Wildman–Crippen MR) is 143 cm³/mol. The van der Waals surface area contributed by atoms with Gasteiger partial charge < -0.3 is 54.7 Å². The summed E-state index contributed by atoms with van der Waals surface area (Å²) in [7, 11) is 0. The second kappa shape index (κ2) is 11.5. The van der Waals surface area contributed by atoms with Crippen molar-refractivity contribution in [2.75, 3.05) is 6.61 Å². The molecule has 11 nitrogen and oxygen atoms in total. The number of aliphatic hydroxyl groups excluding tert-OH is 5. The predicted octanol–water partition coefficient (Wildman–Crippen LogP) is 0.526. The average Bonchev–Trinajstić information content (AvgIpc) is 2.91. The second-order valence-electron chi connectivity index (χ2n) is 11.1. The van der Waals surface area contributed by atoms with Crippen molar-refractivity contribution < 1.29 is 54.7 Å². The Hall–Kier alpha value is -2.32. The molecule has 0 aromatic heterocycles. The summed E-state index contributed by atoms with van der Waals surface area (Å²) in [5, 5.41) is 72.1. The van der Waals surface area contributed by atoms with Crippen LogP contribution in [0.5, 0.6) is 11.5 Å². The third-order valence-corrected chi connectivity index (χ3v) is 7.89. The van der Waals surface area contributed by atoms with E-state index in [1.54, 1.807) is 19.1 Å². The minimum atomic E-state index is -1.93. The molecule has 0 amide bonds. The highest BCUT2D eigenvalue weighted by Gasteiger charge is 2.54. The summed E-state index contributed by atoms with van der Waals surface area (Å²) in [6.07, 6.45) is -9.64. The molecule has 2 heterocycles. The lowest BCUT2D eigenvalue weighted by molar-refractivity contribution is -0.314. The van der Waals surface area contributed by atoms with E-state index in [0.717, 1.165) is 16.7 Å². The molecule has 0 unspecified atom stereocenters. The van der Waals surface area contributed by atoms with Crippen LogP contribution in [0, 0.1) is 13.8 Å². The summed E-state index contributed by atoms with van der Waals surface area (Å²) in [6.45, 7) is 7.54. The molecule has 2 aromatic rings. The maximum atomic E-state index is 10.8. The van der Waals surface area contributed by atoms with Gasteiger partial charge in [-0.3, -0.25) is 0 Å². The third kappa shape index (κ3) is 5.58. The first-order valence-corrected chi connectivity index (χ1v) is 13.4. The Labute approximate surface area is 233 Å². The summed E-state index contributed by atoms with van der Waals surface area (Å²) >= 11 is 0. The Morgan fingerprint density at radius 1 is 0.725 bits per heavy atom. The van der Waals surface area contributed by atoms with Crippen LogP contribution in [0.25, 0.3) is 11.1 Å². The highest BCUT2D eigenvalue weighted by Crippen LogP contribution is 2.37. The van der Waals surface area contributed by atoms with Gasteiger partial charge in [-0.1, -0.05) is 19.1 Å².